The van der Waals surface area contributed by atoms with Crippen molar-refractivity contribution in [3.63, 3.8) is 0 Å². The average molecular weight is 290 g/mol. The summed E-state index contributed by atoms with van der Waals surface area (Å²) in [5.74, 6) is -0.867. The molecule has 1 saturated heterocycles. The van der Waals surface area contributed by atoms with Gasteiger partial charge in [0.15, 0.2) is 6.10 Å². The van der Waals surface area contributed by atoms with Crippen molar-refractivity contribution in [2.45, 2.75) is 18.4 Å². The van der Waals surface area contributed by atoms with E-state index in [9.17, 15) is 9.59 Å². The van der Waals surface area contributed by atoms with Crippen LogP contribution in [0.4, 0.5) is 5.69 Å². The summed E-state index contributed by atoms with van der Waals surface area (Å²) >= 11 is 0. The molecule has 2 N–H and O–H groups in total. The Morgan fingerprint density at radius 3 is 3.00 bits per heavy atom. The number of carbonyl (C=O) groups excluding carboxylic acids is 1. The molecule has 0 spiro atoms. The highest BCUT2D eigenvalue weighted by molar-refractivity contribution is 5.80. The summed E-state index contributed by atoms with van der Waals surface area (Å²) in [6.45, 7) is 1.63. The highest BCUT2D eigenvalue weighted by Crippen LogP contribution is 2.33. The quantitative estimate of drug-likeness (QED) is 0.864. The largest absolute Gasteiger partial charge is 0.479 e. The van der Waals surface area contributed by atoms with Crippen LogP contribution in [-0.2, 0) is 14.3 Å². The maximum atomic E-state index is 12.4. The molecule has 0 bridgehead atoms. The molecule has 1 amide bonds. The van der Waals surface area contributed by atoms with Gasteiger partial charge in [0, 0.05) is 31.1 Å². The fourth-order valence-corrected chi connectivity index (χ4v) is 2.90. The van der Waals surface area contributed by atoms with Crippen molar-refractivity contribution in [1.29, 1.82) is 0 Å². The Bertz CT molecular complexity index is 560. The van der Waals surface area contributed by atoms with Crippen LogP contribution < -0.4 is 5.32 Å². The van der Waals surface area contributed by atoms with Crippen LogP contribution in [0.1, 0.15) is 17.9 Å². The van der Waals surface area contributed by atoms with Crippen LogP contribution in [0, 0.1) is 0 Å². The van der Waals surface area contributed by atoms with Gasteiger partial charge in [0.05, 0.1) is 13.2 Å². The number of benzene rings is 1. The predicted molar refractivity (Wildman–Crippen MR) is 76.2 cm³/mol. The van der Waals surface area contributed by atoms with Crippen molar-refractivity contribution in [3.05, 3.63) is 29.8 Å². The number of anilines is 1. The van der Waals surface area contributed by atoms with E-state index in [1.54, 1.807) is 4.90 Å². The van der Waals surface area contributed by atoms with Gasteiger partial charge in [-0.2, -0.15) is 0 Å². The van der Waals surface area contributed by atoms with Crippen molar-refractivity contribution < 1.29 is 19.4 Å². The number of fused-ring (bicyclic) bond motifs is 1. The number of carboxylic acids is 1. The molecule has 3 rings (SSSR count). The smallest absolute Gasteiger partial charge is 0.334 e. The summed E-state index contributed by atoms with van der Waals surface area (Å²) in [5, 5.41) is 12.3. The lowest BCUT2D eigenvalue weighted by Crippen LogP contribution is -2.48. The molecule has 1 aromatic carbocycles. The Morgan fingerprint density at radius 2 is 2.19 bits per heavy atom. The van der Waals surface area contributed by atoms with Gasteiger partial charge in [-0.3, -0.25) is 4.79 Å². The van der Waals surface area contributed by atoms with Crippen molar-refractivity contribution in [2.75, 3.05) is 31.6 Å². The molecule has 1 aromatic rings. The maximum absolute atomic E-state index is 12.4. The summed E-state index contributed by atoms with van der Waals surface area (Å²) in [7, 11) is 0. The molecule has 6 heteroatoms. The van der Waals surface area contributed by atoms with Crippen LogP contribution >= 0.6 is 0 Å². The second-order valence-corrected chi connectivity index (χ2v) is 5.41. The fraction of sp³-hybridized carbons (Fsp3) is 0.467. The van der Waals surface area contributed by atoms with Crippen LogP contribution in [0.5, 0.6) is 0 Å². The Hall–Kier alpha value is -2.08. The summed E-state index contributed by atoms with van der Waals surface area (Å²) < 4.78 is 5.14. The molecule has 2 atom stereocenters. The highest BCUT2D eigenvalue weighted by atomic mass is 16.5. The number of nitrogens with one attached hydrogen (secondary N) is 1. The SMILES string of the molecule is O=C(O)C1CN(C(=O)CC2CNc3ccccc32)CCO1. The number of carboxylic acid groups (broad SMARTS) is 1. The molecule has 1 fully saturated rings. The third kappa shape index (κ3) is 2.85. The lowest BCUT2D eigenvalue weighted by Gasteiger charge is -2.31. The van der Waals surface area contributed by atoms with Gasteiger partial charge in [0.2, 0.25) is 5.91 Å². The lowest BCUT2D eigenvalue weighted by atomic mass is 9.97. The number of morpholine rings is 1. The van der Waals surface area contributed by atoms with Crippen molar-refractivity contribution in [1.82, 2.24) is 4.90 Å². The Morgan fingerprint density at radius 1 is 1.38 bits per heavy atom. The number of hydrogen-bond donors (Lipinski definition) is 2. The maximum Gasteiger partial charge on any atom is 0.334 e. The molecule has 0 radical (unpaired) electrons. The van der Waals surface area contributed by atoms with E-state index in [0.29, 0.717) is 13.0 Å². The molecule has 2 aliphatic heterocycles. The molecule has 0 aliphatic carbocycles. The molecule has 112 valence electrons. The minimum Gasteiger partial charge on any atom is -0.479 e. The number of para-hydroxylation sites is 1. The molecule has 0 aromatic heterocycles. The van der Waals surface area contributed by atoms with Gasteiger partial charge in [0.25, 0.3) is 0 Å². The first-order chi connectivity index (χ1) is 10.1. The van der Waals surface area contributed by atoms with Crippen molar-refractivity contribution in [2.24, 2.45) is 0 Å². The zero-order valence-corrected chi connectivity index (χ0v) is 11.6. The zero-order valence-electron chi connectivity index (χ0n) is 11.6. The van der Waals surface area contributed by atoms with Gasteiger partial charge in [0.1, 0.15) is 0 Å². The first kappa shape index (κ1) is 13.9. The van der Waals surface area contributed by atoms with Gasteiger partial charge >= 0.3 is 5.97 Å². The van der Waals surface area contributed by atoms with E-state index in [1.807, 2.05) is 24.3 Å². The molecule has 2 aliphatic rings. The zero-order chi connectivity index (χ0) is 14.8. The van der Waals surface area contributed by atoms with E-state index in [-0.39, 0.29) is 25.0 Å². The highest BCUT2D eigenvalue weighted by Gasteiger charge is 2.31. The van der Waals surface area contributed by atoms with Gasteiger partial charge in [-0.05, 0) is 11.6 Å². The summed E-state index contributed by atoms with van der Waals surface area (Å²) in [4.78, 5) is 24.9. The molecule has 2 heterocycles. The van der Waals surface area contributed by atoms with E-state index in [0.717, 1.165) is 17.8 Å². The van der Waals surface area contributed by atoms with Crippen LogP contribution in [0.15, 0.2) is 24.3 Å². The standard InChI is InChI=1S/C15H18N2O4/c18-14(17-5-6-21-13(9-17)15(19)20)7-10-8-16-12-4-2-1-3-11(10)12/h1-4,10,13,16H,5-9H2,(H,19,20). The summed E-state index contributed by atoms with van der Waals surface area (Å²) in [6.07, 6.45) is -0.507. The number of rotatable bonds is 3. The van der Waals surface area contributed by atoms with Gasteiger partial charge < -0.3 is 20.1 Å². The van der Waals surface area contributed by atoms with E-state index in [2.05, 4.69) is 5.32 Å². The van der Waals surface area contributed by atoms with E-state index in [1.165, 1.54) is 0 Å². The van der Waals surface area contributed by atoms with Crippen LogP contribution in [0.3, 0.4) is 0 Å². The van der Waals surface area contributed by atoms with E-state index < -0.39 is 12.1 Å². The van der Waals surface area contributed by atoms with Crippen molar-refractivity contribution >= 4 is 17.6 Å². The average Bonchev–Trinajstić information content (AvgIpc) is 2.91. The lowest BCUT2D eigenvalue weighted by molar-refractivity contribution is -0.159. The number of aliphatic carboxylic acids is 1. The number of nitrogens with zero attached hydrogens (tertiary/aromatic N) is 1. The number of amides is 1. The number of carbonyl (C=O) groups is 2. The number of hydrogen-bond acceptors (Lipinski definition) is 4. The molecular formula is C15H18N2O4. The van der Waals surface area contributed by atoms with Crippen molar-refractivity contribution in [3.8, 4) is 0 Å². The summed E-state index contributed by atoms with van der Waals surface area (Å²) in [5.41, 5.74) is 2.24. The molecule has 0 saturated carbocycles. The van der Waals surface area contributed by atoms with Gasteiger partial charge in [-0.1, -0.05) is 18.2 Å². The normalized spacial score (nSPS) is 24.3. The minimum atomic E-state index is -1.01. The molecule has 2 unspecified atom stereocenters. The molecule has 6 nitrogen and oxygen atoms in total. The fourth-order valence-electron chi connectivity index (χ4n) is 2.90. The Balaban J connectivity index is 1.63. The number of ether oxygens (including phenoxy) is 1. The topological polar surface area (TPSA) is 78.9 Å². The van der Waals surface area contributed by atoms with E-state index >= 15 is 0 Å². The Kier molecular flexibility index (Phi) is 3.79. The molecular weight excluding hydrogens is 272 g/mol. The predicted octanol–water partition coefficient (Wildman–Crippen LogP) is 0.898. The Labute approximate surface area is 122 Å². The summed E-state index contributed by atoms with van der Waals surface area (Å²) in [6, 6.07) is 7.98. The van der Waals surface area contributed by atoms with Gasteiger partial charge in [-0.25, -0.2) is 4.79 Å². The first-order valence-electron chi connectivity index (χ1n) is 7.10. The van der Waals surface area contributed by atoms with Gasteiger partial charge in [-0.15, -0.1) is 0 Å². The third-order valence-electron chi connectivity index (χ3n) is 4.06. The molecule has 21 heavy (non-hydrogen) atoms. The van der Waals surface area contributed by atoms with Crippen LogP contribution in [-0.4, -0.2) is 54.2 Å². The van der Waals surface area contributed by atoms with Crippen LogP contribution in [0.25, 0.3) is 0 Å². The third-order valence-corrected chi connectivity index (χ3v) is 4.06. The monoisotopic (exact) mass is 290 g/mol. The minimum absolute atomic E-state index is 0.00643. The van der Waals surface area contributed by atoms with Crippen LogP contribution in [0.2, 0.25) is 0 Å². The second-order valence-electron chi connectivity index (χ2n) is 5.41. The first-order valence-corrected chi connectivity index (χ1v) is 7.10. The van der Waals surface area contributed by atoms with E-state index in [4.69, 9.17) is 9.84 Å². The second kappa shape index (κ2) is 5.73.